The molecule has 0 radical (unpaired) electrons. The Kier molecular flexibility index (Phi) is 10.3. The Morgan fingerprint density at radius 1 is 1.07 bits per heavy atom. The highest BCUT2D eigenvalue weighted by molar-refractivity contribution is 14.0. The van der Waals surface area contributed by atoms with Crippen LogP contribution in [0.25, 0.3) is 0 Å². The molecule has 0 spiro atoms. The van der Waals surface area contributed by atoms with Gasteiger partial charge in [-0.1, -0.05) is 26.2 Å². The first kappa shape index (κ1) is 25.7. The van der Waals surface area contributed by atoms with Gasteiger partial charge in [-0.25, -0.2) is 8.42 Å². The maximum absolute atomic E-state index is 12.6. The zero-order valence-corrected chi connectivity index (χ0v) is 19.6. The molecule has 1 heterocycles. The lowest BCUT2D eigenvalue weighted by Gasteiger charge is -2.32. The van der Waals surface area contributed by atoms with Gasteiger partial charge < -0.3 is 10.6 Å². The van der Waals surface area contributed by atoms with Crippen LogP contribution in [0.4, 0.5) is 13.2 Å². The Bertz CT molecular complexity index is 608. The van der Waals surface area contributed by atoms with Gasteiger partial charge in [0.05, 0.1) is 0 Å². The van der Waals surface area contributed by atoms with Crippen LogP contribution < -0.4 is 10.6 Å². The van der Waals surface area contributed by atoms with Gasteiger partial charge in [-0.05, 0) is 37.0 Å². The summed E-state index contributed by atoms with van der Waals surface area (Å²) in [5, 5.41) is 6.57. The molecular formula is C17H32F3IN4O2S. The van der Waals surface area contributed by atoms with Crippen LogP contribution in [0.2, 0.25) is 0 Å². The van der Waals surface area contributed by atoms with Gasteiger partial charge >= 0.3 is 15.5 Å². The third-order valence-electron chi connectivity index (χ3n) is 5.81. The second-order valence-corrected chi connectivity index (χ2v) is 9.58. The molecule has 0 amide bonds. The Balaban J connectivity index is 0.00000392. The van der Waals surface area contributed by atoms with Gasteiger partial charge in [-0.2, -0.15) is 17.5 Å². The number of piperidine rings is 1. The normalized spacial score (nSPS) is 25.8. The Hall–Kier alpha value is -0.300. The predicted molar refractivity (Wildman–Crippen MR) is 115 cm³/mol. The smallest absolute Gasteiger partial charge is 0.356 e. The van der Waals surface area contributed by atoms with Gasteiger partial charge in [0.2, 0.25) is 0 Å². The standard InChI is InChI=1S/C17H31F3N4O2S.HI/c1-13-5-3-4-6-15(13)12-23-16(21-2)22-11-14-7-9-24(10-8-14)27(25,26)17(18,19)20;/h13-15H,3-12H2,1-2H3,(H2,21,22,23);1H. The van der Waals surface area contributed by atoms with E-state index in [1.807, 2.05) is 0 Å². The number of aliphatic imine (C=N–C) groups is 1. The topological polar surface area (TPSA) is 73.8 Å². The summed E-state index contributed by atoms with van der Waals surface area (Å²) in [6.45, 7) is 3.52. The fourth-order valence-corrected chi connectivity index (χ4v) is 4.87. The molecule has 1 aliphatic heterocycles. The maximum Gasteiger partial charge on any atom is 0.511 e. The Morgan fingerprint density at radius 2 is 1.64 bits per heavy atom. The minimum Gasteiger partial charge on any atom is -0.356 e. The van der Waals surface area contributed by atoms with Crippen LogP contribution >= 0.6 is 24.0 Å². The van der Waals surface area contributed by atoms with Crippen LogP contribution in [0, 0.1) is 17.8 Å². The SMILES string of the molecule is CN=C(NCC1CCN(S(=O)(=O)C(F)(F)F)CC1)NCC1CCCCC1C.I. The van der Waals surface area contributed by atoms with E-state index in [0.717, 1.165) is 6.54 Å². The molecule has 0 aromatic rings. The molecule has 1 aliphatic carbocycles. The molecule has 2 atom stereocenters. The highest BCUT2D eigenvalue weighted by Gasteiger charge is 2.50. The van der Waals surface area contributed by atoms with Crippen LogP contribution in [-0.2, 0) is 10.0 Å². The average Bonchev–Trinajstić information content (AvgIpc) is 2.62. The monoisotopic (exact) mass is 540 g/mol. The second kappa shape index (κ2) is 11.2. The van der Waals surface area contributed by atoms with Crippen molar-refractivity contribution in [2.75, 3.05) is 33.2 Å². The number of hydrogen-bond donors (Lipinski definition) is 2. The summed E-state index contributed by atoms with van der Waals surface area (Å²) in [5.74, 6) is 2.15. The van der Waals surface area contributed by atoms with Gasteiger partial charge in [0, 0.05) is 33.2 Å². The molecule has 2 N–H and O–H groups in total. The molecule has 2 rings (SSSR count). The van der Waals surface area contributed by atoms with Crippen molar-refractivity contribution in [1.82, 2.24) is 14.9 Å². The van der Waals surface area contributed by atoms with Crippen molar-refractivity contribution in [1.29, 1.82) is 0 Å². The summed E-state index contributed by atoms with van der Waals surface area (Å²) in [7, 11) is -3.52. The van der Waals surface area contributed by atoms with Crippen LogP contribution in [0.15, 0.2) is 4.99 Å². The zero-order valence-electron chi connectivity index (χ0n) is 16.5. The Labute approximate surface area is 183 Å². The molecule has 1 saturated heterocycles. The second-order valence-electron chi connectivity index (χ2n) is 7.65. The molecule has 1 saturated carbocycles. The number of guanidine groups is 1. The van der Waals surface area contributed by atoms with Crippen LogP contribution in [-0.4, -0.2) is 57.4 Å². The molecular weight excluding hydrogens is 508 g/mol. The lowest BCUT2D eigenvalue weighted by Crippen LogP contribution is -2.47. The summed E-state index contributed by atoms with van der Waals surface area (Å²) in [4.78, 5) is 4.21. The van der Waals surface area contributed by atoms with Crippen molar-refractivity contribution in [3.63, 3.8) is 0 Å². The summed E-state index contributed by atoms with van der Waals surface area (Å²) in [6, 6.07) is 0. The lowest BCUT2D eigenvalue weighted by molar-refractivity contribution is -0.0496. The number of hydrogen-bond acceptors (Lipinski definition) is 3. The molecule has 0 aromatic heterocycles. The van der Waals surface area contributed by atoms with Gasteiger partial charge in [-0.15, -0.1) is 24.0 Å². The number of sulfonamides is 1. The first-order valence-corrected chi connectivity index (χ1v) is 11.1. The van der Waals surface area contributed by atoms with Crippen LogP contribution in [0.1, 0.15) is 45.4 Å². The Morgan fingerprint density at radius 3 is 2.18 bits per heavy atom. The predicted octanol–water partition coefficient (Wildman–Crippen LogP) is 3.16. The van der Waals surface area contributed by atoms with Crippen LogP contribution in [0.5, 0.6) is 0 Å². The fraction of sp³-hybridized carbons (Fsp3) is 0.941. The fourth-order valence-electron chi connectivity index (χ4n) is 3.89. The summed E-state index contributed by atoms with van der Waals surface area (Å²) < 4.78 is 61.3. The molecule has 0 aromatic carbocycles. The van der Waals surface area contributed by atoms with Gasteiger partial charge in [-0.3, -0.25) is 4.99 Å². The number of nitrogens with one attached hydrogen (secondary N) is 2. The molecule has 2 fully saturated rings. The quantitative estimate of drug-likeness (QED) is 0.320. The highest BCUT2D eigenvalue weighted by Crippen LogP contribution is 2.30. The third-order valence-corrected chi connectivity index (χ3v) is 7.44. The molecule has 166 valence electrons. The van der Waals surface area contributed by atoms with E-state index in [9.17, 15) is 21.6 Å². The van der Waals surface area contributed by atoms with E-state index in [2.05, 4.69) is 22.5 Å². The van der Waals surface area contributed by atoms with Crippen molar-refractivity contribution in [3.05, 3.63) is 0 Å². The number of halogens is 4. The van der Waals surface area contributed by atoms with Gasteiger partial charge in [0.25, 0.3) is 0 Å². The molecule has 2 aliphatic rings. The average molecular weight is 540 g/mol. The van der Waals surface area contributed by atoms with Crippen molar-refractivity contribution < 1.29 is 21.6 Å². The molecule has 28 heavy (non-hydrogen) atoms. The minimum absolute atomic E-state index is 0. The first-order chi connectivity index (χ1) is 12.6. The minimum atomic E-state index is -5.22. The molecule has 2 unspecified atom stereocenters. The molecule has 0 bridgehead atoms. The molecule has 6 nitrogen and oxygen atoms in total. The van der Waals surface area contributed by atoms with Crippen molar-refractivity contribution >= 4 is 40.0 Å². The maximum atomic E-state index is 12.6. The first-order valence-electron chi connectivity index (χ1n) is 9.66. The van der Waals surface area contributed by atoms with Crippen molar-refractivity contribution in [3.8, 4) is 0 Å². The van der Waals surface area contributed by atoms with Gasteiger partial charge in [0.15, 0.2) is 5.96 Å². The number of rotatable bonds is 5. The van der Waals surface area contributed by atoms with E-state index in [0.29, 0.717) is 41.5 Å². The van der Waals surface area contributed by atoms with Gasteiger partial charge in [0.1, 0.15) is 0 Å². The van der Waals surface area contributed by atoms with Crippen molar-refractivity contribution in [2.45, 2.75) is 51.0 Å². The summed E-state index contributed by atoms with van der Waals surface area (Å²) in [5.41, 5.74) is -5.22. The highest BCUT2D eigenvalue weighted by atomic mass is 127. The van der Waals surface area contributed by atoms with E-state index < -0.39 is 15.5 Å². The lowest BCUT2D eigenvalue weighted by atomic mass is 9.80. The number of nitrogens with zero attached hydrogens (tertiary/aromatic N) is 2. The van der Waals surface area contributed by atoms with E-state index >= 15 is 0 Å². The third kappa shape index (κ3) is 6.89. The van der Waals surface area contributed by atoms with Crippen LogP contribution in [0.3, 0.4) is 0 Å². The summed E-state index contributed by atoms with van der Waals surface area (Å²) in [6.07, 6.45) is 5.85. The number of alkyl halides is 3. The zero-order chi connectivity index (χ0) is 20.1. The van der Waals surface area contributed by atoms with Crippen molar-refractivity contribution in [2.24, 2.45) is 22.7 Å². The van der Waals surface area contributed by atoms with E-state index in [1.165, 1.54) is 25.7 Å². The van der Waals surface area contributed by atoms with E-state index in [-0.39, 0.29) is 43.0 Å². The van der Waals surface area contributed by atoms with E-state index in [4.69, 9.17) is 0 Å². The van der Waals surface area contributed by atoms with E-state index in [1.54, 1.807) is 7.05 Å². The largest absolute Gasteiger partial charge is 0.511 e. The molecule has 11 heteroatoms. The summed E-state index contributed by atoms with van der Waals surface area (Å²) >= 11 is 0.